The third-order valence-corrected chi connectivity index (χ3v) is 4.42. The van der Waals surface area contributed by atoms with Crippen LogP contribution < -0.4 is 0 Å². The topological polar surface area (TPSA) is 86.3 Å². The Morgan fingerprint density at radius 1 is 1.38 bits per heavy atom. The second-order valence-corrected chi connectivity index (χ2v) is 5.80. The molecule has 1 saturated heterocycles. The van der Waals surface area contributed by atoms with Crippen LogP contribution in [0, 0.1) is 6.92 Å². The van der Waals surface area contributed by atoms with Crippen LogP contribution in [0.3, 0.4) is 0 Å². The lowest BCUT2D eigenvalue weighted by molar-refractivity contribution is -0.00576. The first-order valence-electron chi connectivity index (χ1n) is 7.73. The number of ether oxygens (including phenoxy) is 1. The Bertz CT molecular complexity index is 887. The molecule has 0 N–H and O–H groups in total. The number of aromatic nitrogens is 4. The highest BCUT2D eigenvalue weighted by Crippen LogP contribution is 2.25. The molecule has 8 nitrogen and oxygen atoms in total. The highest BCUT2D eigenvalue weighted by atomic mass is 16.5. The van der Waals surface area contributed by atoms with Gasteiger partial charge >= 0.3 is 0 Å². The van der Waals surface area contributed by atoms with Crippen molar-refractivity contribution in [2.45, 2.75) is 13.0 Å². The predicted octanol–water partition coefficient (Wildman–Crippen LogP) is 1.48. The Morgan fingerprint density at radius 3 is 3.04 bits per heavy atom. The second kappa shape index (κ2) is 5.72. The Morgan fingerprint density at radius 2 is 2.25 bits per heavy atom. The van der Waals surface area contributed by atoms with Crippen molar-refractivity contribution in [1.29, 1.82) is 0 Å². The van der Waals surface area contributed by atoms with Gasteiger partial charge in [0.05, 0.1) is 24.2 Å². The quantitative estimate of drug-likeness (QED) is 0.708. The van der Waals surface area contributed by atoms with Gasteiger partial charge in [0.2, 0.25) is 6.39 Å². The molecule has 3 aromatic rings. The summed E-state index contributed by atoms with van der Waals surface area (Å²) in [6.45, 7) is 3.28. The summed E-state index contributed by atoms with van der Waals surface area (Å²) < 4.78 is 12.3. The smallest absolute Gasteiger partial charge is 0.254 e. The number of morpholine rings is 1. The summed E-state index contributed by atoms with van der Waals surface area (Å²) in [5, 5.41) is 3.86. The maximum Gasteiger partial charge on any atom is 0.254 e. The van der Waals surface area contributed by atoms with Crippen LogP contribution >= 0.6 is 0 Å². The Kier molecular flexibility index (Phi) is 3.53. The van der Waals surface area contributed by atoms with Gasteiger partial charge in [0, 0.05) is 19.2 Å². The summed E-state index contributed by atoms with van der Waals surface area (Å²) in [6.07, 6.45) is 1.26. The molecule has 1 fully saturated rings. The number of rotatable bonds is 2. The maximum atomic E-state index is 13.0. The van der Waals surface area contributed by atoms with Crippen molar-refractivity contribution in [2.75, 3.05) is 19.8 Å². The van der Waals surface area contributed by atoms with E-state index >= 15 is 0 Å². The average Bonchev–Trinajstić information content (AvgIpc) is 3.23. The van der Waals surface area contributed by atoms with Gasteiger partial charge in [0.25, 0.3) is 5.91 Å². The third kappa shape index (κ3) is 2.35. The number of amides is 1. The molecule has 8 heteroatoms. The molecule has 0 spiro atoms. The van der Waals surface area contributed by atoms with E-state index in [-0.39, 0.29) is 11.9 Å². The predicted molar refractivity (Wildman–Crippen MR) is 84.3 cm³/mol. The van der Waals surface area contributed by atoms with Crippen molar-refractivity contribution in [3.8, 4) is 0 Å². The summed E-state index contributed by atoms with van der Waals surface area (Å²) in [7, 11) is 1.94. The molecular formula is C16H17N5O3. The lowest BCUT2D eigenvalue weighted by atomic mass is 10.1. The minimum Gasteiger partial charge on any atom is -0.377 e. The number of imidazole rings is 1. The van der Waals surface area contributed by atoms with E-state index in [1.807, 2.05) is 30.7 Å². The minimum atomic E-state index is -0.339. The first-order chi connectivity index (χ1) is 11.6. The first-order valence-corrected chi connectivity index (χ1v) is 7.73. The van der Waals surface area contributed by atoms with E-state index in [1.165, 1.54) is 6.39 Å². The lowest BCUT2D eigenvalue weighted by Gasteiger charge is -2.33. The molecule has 1 aliphatic heterocycles. The van der Waals surface area contributed by atoms with Gasteiger partial charge in [-0.25, -0.2) is 4.98 Å². The normalized spacial score (nSPS) is 18.2. The van der Waals surface area contributed by atoms with Gasteiger partial charge < -0.3 is 18.7 Å². The molecule has 1 atom stereocenters. The molecular weight excluding hydrogens is 310 g/mol. The minimum absolute atomic E-state index is 0.0751. The van der Waals surface area contributed by atoms with Crippen LogP contribution in [0.4, 0.5) is 0 Å². The van der Waals surface area contributed by atoms with Gasteiger partial charge in [-0.05, 0) is 25.1 Å². The summed E-state index contributed by atoms with van der Waals surface area (Å²) in [5.74, 6) is 1.29. The molecule has 0 aliphatic carbocycles. The fourth-order valence-corrected chi connectivity index (χ4v) is 3.00. The van der Waals surface area contributed by atoms with Crippen LogP contribution in [0.5, 0.6) is 0 Å². The van der Waals surface area contributed by atoms with E-state index in [1.54, 1.807) is 11.0 Å². The number of nitrogens with zero attached hydrogens (tertiary/aromatic N) is 5. The van der Waals surface area contributed by atoms with Gasteiger partial charge in [-0.15, -0.1) is 0 Å². The highest BCUT2D eigenvalue weighted by Gasteiger charge is 2.32. The van der Waals surface area contributed by atoms with Crippen molar-refractivity contribution in [2.24, 2.45) is 7.05 Å². The van der Waals surface area contributed by atoms with Crippen molar-refractivity contribution >= 4 is 16.9 Å². The third-order valence-electron chi connectivity index (χ3n) is 4.42. The molecule has 1 amide bonds. The van der Waals surface area contributed by atoms with E-state index < -0.39 is 0 Å². The van der Waals surface area contributed by atoms with Crippen LogP contribution in [0.15, 0.2) is 29.1 Å². The molecule has 2 aromatic heterocycles. The number of fused-ring (bicyclic) bond motifs is 1. The molecule has 1 aromatic carbocycles. The molecule has 3 heterocycles. The second-order valence-electron chi connectivity index (χ2n) is 5.80. The van der Waals surface area contributed by atoms with Crippen molar-refractivity contribution < 1.29 is 14.1 Å². The molecule has 0 saturated carbocycles. The van der Waals surface area contributed by atoms with Crippen LogP contribution in [-0.4, -0.2) is 50.3 Å². The lowest BCUT2D eigenvalue weighted by Crippen LogP contribution is -2.43. The van der Waals surface area contributed by atoms with Crippen molar-refractivity contribution in [3.63, 3.8) is 0 Å². The summed E-state index contributed by atoms with van der Waals surface area (Å²) in [4.78, 5) is 23.3. The fraction of sp³-hybridized carbons (Fsp3) is 0.375. The Balaban J connectivity index is 1.70. The average molecular weight is 327 g/mol. The molecule has 1 unspecified atom stereocenters. The van der Waals surface area contributed by atoms with E-state index in [0.717, 1.165) is 16.9 Å². The molecule has 0 radical (unpaired) electrons. The zero-order chi connectivity index (χ0) is 16.7. The van der Waals surface area contributed by atoms with E-state index in [2.05, 4.69) is 15.1 Å². The number of aryl methyl sites for hydroxylation is 2. The molecule has 1 aliphatic rings. The van der Waals surface area contributed by atoms with Gasteiger partial charge in [-0.3, -0.25) is 4.79 Å². The summed E-state index contributed by atoms with van der Waals surface area (Å²) in [5.41, 5.74) is 2.42. The van der Waals surface area contributed by atoms with E-state index in [9.17, 15) is 4.79 Å². The first kappa shape index (κ1) is 14.8. The van der Waals surface area contributed by atoms with Gasteiger partial charge in [-0.1, -0.05) is 5.16 Å². The molecule has 4 rings (SSSR count). The van der Waals surface area contributed by atoms with Crippen molar-refractivity contribution in [1.82, 2.24) is 24.6 Å². The standard InChI is InChI=1S/C16H17N5O3/c1-10-18-12-4-3-11(7-13(12)20(10)2)16(22)21-5-6-23-8-14(21)15-17-9-24-19-15/h3-4,7,9,14H,5-6,8H2,1-2H3. The van der Waals surface area contributed by atoms with Crippen LogP contribution in [-0.2, 0) is 11.8 Å². The molecule has 124 valence electrons. The zero-order valence-electron chi connectivity index (χ0n) is 13.5. The number of hydrogen-bond acceptors (Lipinski definition) is 6. The monoisotopic (exact) mass is 327 g/mol. The van der Waals surface area contributed by atoms with Crippen molar-refractivity contribution in [3.05, 3.63) is 41.8 Å². The SMILES string of the molecule is Cc1nc2ccc(C(=O)N3CCOCC3c3ncon3)cc2n1C. The van der Waals surface area contributed by atoms with Crippen LogP contribution in [0.2, 0.25) is 0 Å². The Hall–Kier alpha value is -2.74. The molecule has 0 bridgehead atoms. The Labute approximate surface area is 138 Å². The fourth-order valence-electron chi connectivity index (χ4n) is 3.00. The number of carbonyl (C=O) groups is 1. The van der Waals surface area contributed by atoms with E-state index in [0.29, 0.717) is 31.1 Å². The van der Waals surface area contributed by atoms with Crippen LogP contribution in [0.1, 0.15) is 28.0 Å². The number of hydrogen-bond donors (Lipinski definition) is 0. The maximum absolute atomic E-state index is 13.0. The van der Waals surface area contributed by atoms with Crippen LogP contribution in [0.25, 0.3) is 11.0 Å². The van der Waals surface area contributed by atoms with Gasteiger partial charge in [-0.2, -0.15) is 4.98 Å². The zero-order valence-corrected chi connectivity index (χ0v) is 13.5. The van der Waals surface area contributed by atoms with Gasteiger partial charge in [0.1, 0.15) is 11.9 Å². The number of carbonyl (C=O) groups excluding carboxylic acids is 1. The summed E-state index contributed by atoms with van der Waals surface area (Å²) in [6, 6.07) is 5.22. The van der Waals surface area contributed by atoms with Gasteiger partial charge in [0.15, 0.2) is 5.82 Å². The largest absolute Gasteiger partial charge is 0.377 e. The summed E-state index contributed by atoms with van der Waals surface area (Å²) >= 11 is 0. The van der Waals surface area contributed by atoms with E-state index in [4.69, 9.17) is 9.26 Å². The molecule has 24 heavy (non-hydrogen) atoms. The highest BCUT2D eigenvalue weighted by molar-refractivity contribution is 5.97. The number of benzene rings is 1.